The van der Waals surface area contributed by atoms with Crippen molar-refractivity contribution >= 4 is 16.9 Å². The Kier molecular flexibility index (Phi) is 3.95. The summed E-state index contributed by atoms with van der Waals surface area (Å²) in [6.45, 7) is 7.19. The SMILES string of the molecule is C/C=C(\C)C(=O)OC(C)(C)C1Cc2cc3ccc(=O)oc3cc2O1. The molecular formula is C19H20O5. The van der Waals surface area contributed by atoms with E-state index >= 15 is 0 Å². The average molecular weight is 328 g/mol. The molecule has 0 saturated heterocycles. The van der Waals surface area contributed by atoms with Crippen molar-refractivity contribution < 1.29 is 18.7 Å². The number of ether oxygens (including phenoxy) is 2. The second-order valence-electron chi connectivity index (χ2n) is 6.53. The summed E-state index contributed by atoms with van der Waals surface area (Å²) in [4.78, 5) is 23.4. The highest BCUT2D eigenvalue weighted by atomic mass is 16.6. The molecule has 1 aromatic carbocycles. The molecule has 1 unspecified atom stereocenters. The number of benzene rings is 1. The van der Waals surface area contributed by atoms with Gasteiger partial charge < -0.3 is 13.9 Å². The van der Waals surface area contributed by atoms with Gasteiger partial charge in [-0.05, 0) is 45.4 Å². The number of hydrogen-bond donors (Lipinski definition) is 0. The van der Waals surface area contributed by atoms with Gasteiger partial charge in [0.15, 0.2) is 0 Å². The lowest BCUT2D eigenvalue weighted by atomic mass is 9.96. The summed E-state index contributed by atoms with van der Waals surface area (Å²) in [5.74, 6) is 0.312. The highest BCUT2D eigenvalue weighted by Crippen LogP contribution is 2.37. The number of hydrogen-bond acceptors (Lipinski definition) is 5. The molecule has 3 rings (SSSR count). The van der Waals surface area contributed by atoms with Gasteiger partial charge in [-0.15, -0.1) is 0 Å². The van der Waals surface area contributed by atoms with Gasteiger partial charge in [0, 0.05) is 29.5 Å². The Morgan fingerprint density at radius 3 is 2.79 bits per heavy atom. The largest absolute Gasteiger partial charge is 0.485 e. The molecule has 0 amide bonds. The predicted molar refractivity (Wildman–Crippen MR) is 90.2 cm³/mol. The third-order valence-corrected chi connectivity index (χ3v) is 4.36. The second kappa shape index (κ2) is 5.82. The van der Waals surface area contributed by atoms with E-state index in [1.54, 1.807) is 32.1 Å². The van der Waals surface area contributed by atoms with Crippen molar-refractivity contribution in [2.45, 2.75) is 45.8 Å². The lowest BCUT2D eigenvalue weighted by Crippen LogP contribution is -2.43. The van der Waals surface area contributed by atoms with E-state index in [0.717, 1.165) is 10.9 Å². The fourth-order valence-electron chi connectivity index (χ4n) is 2.70. The van der Waals surface area contributed by atoms with Crippen LogP contribution in [-0.4, -0.2) is 17.7 Å². The first-order valence-corrected chi connectivity index (χ1v) is 7.90. The maximum absolute atomic E-state index is 12.1. The van der Waals surface area contributed by atoms with E-state index in [9.17, 15) is 9.59 Å². The van der Waals surface area contributed by atoms with Crippen molar-refractivity contribution in [2.24, 2.45) is 0 Å². The molecule has 0 N–H and O–H groups in total. The maximum Gasteiger partial charge on any atom is 0.336 e. The molecule has 5 nitrogen and oxygen atoms in total. The standard InChI is InChI=1S/C19H20O5/c1-5-11(2)18(21)24-19(3,4)16-9-13-8-12-6-7-17(20)23-14(12)10-15(13)22-16/h5-8,10,16H,9H2,1-4H3/b11-5+. The summed E-state index contributed by atoms with van der Waals surface area (Å²) in [7, 11) is 0. The number of allylic oxidation sites excluding steroid dienone is 1. The van der Waals surface area contributed by atoms with Gasteiger partial charge in [0.25, 0.3) is 0 Å². The smallest absolute Gasteiger partial charge is 0.336 e. The second-order valence-corrected chi connectivity index (χ2v) is 6.53. The normalized spacial score (nSPS) is 17.5. The summed E-state index contributed by atoms with van der Waals surface area (Å²) >= 11 is 0. The van der Waals surface area contributed by atoms with Crippen LogP contribution in [0, 0.1) is 0 Å². The van der Waals surface area contributed by atoms with Crippen LogP contribution in [0.15, 0.2) is 45.1 Å². The summed E-state index contributed by atoms with van der Waals surface area (Å²) in [5.41, 5.74) is 0.877. The number of rotatable bonds is 3. The van der Waals surface area contributed by atoms with Gasteiger partial charge in [-0.3, -0.25) is 0 Å². The topological polar surface area (TPSA) is 65.7 Å². The van der Waals surface area contributed by atoms with E-state index in [2.05, 4.69) is 0 Å². The van der Waals surface area contributed by atoms with Crippen LogP contribution in [-0.2, 0) is 16.0 Å². The molecule has 5 heteroatoms. The van der Waals surface area contributed by atoms with E-state index in [-0.39, 0.29) is 12.1 Å². The van der Waals surface area contributed by atoms with Gasteiger partial charge in [-0.25, -0.2) is 9.59 Å². The summed E-state index contributed by atoms with van der Waals surface area (Å²) in [6, 6.07) is 6.80. The number of esters is 1. The minimum absolute atomic E-state index is 0.301. The molecule has 0 fully saturated rings. The first-order chi connectivity index (χ1) is 11.3. The minimum Gasteiger partial charge on any atom is -0.485 e. The average Bonchev–Trinajstić information content (AvgIpc) is 2.95. The molecule has 0 spiro atoms. The van der Waals surface area contributed by atoms with Crippen LogP contribution in [0.2, 0.25) is 0 Å². The Morgan fingerprint density at radius 2 is 2.08 bits per heavy atom. The third kappa shape index (κ3) is 2.94. The zero-order valence-corrected chi connectivity index (χ0v) is 14.2. The molecule has 1 aliphatic heterocycles. The van der Waals surface area contributed by atoms with Crippen molar-refractivity contribution in [1.29, 1.82) is 0 Å². The summed E-state index contributed by atoms with van der Waals surface area (Å²) < 4.78 is 16.8. The van der Waals surface area contributed by atoms with Crippen molar-refractivity contribution in [3.05, 3.63) is 51.9 Å². The monoisotopic (exact) mass is 328 g/mol. The van der Waals surface area contributed by atoms with Crippen LogP contribution in [0.5, 0.6) is 5.75 Å². The molecule has 2 heterocycles. The molecule has 2 aromatic rings. The summed E-state index contributed by atoms with van der Waals surface area (Å²) in [5, 5.41) is 0.845. The van der Waals surface area contributed by atoms with Crippen LogP contribution < -0.4 is 10.4 Å². The number of carbonyl (C=O) groups is 1. The Labute approximate surface area is 139 Å². The molecule has 126 valence electrons. The van der Waals surface area contributed by atoms with Crippen LogP contribution in [0.3, 0.4) is 0 Å². The number of fused-ring (bicyclic) bond motifs is 2. The third-order valence-electron chi connectivity index (χ3n) is 4.36. The van der Waals surface area contributed by atoms with Crippen molar-refractivity contribution in [1.82, 2.24) is 0 Å². The van der Waals surface area contributed by atoms with E-state index in [1.807, 2.05) is 19.9 Å². The fraction of sp³-hybridized carbons (Fsp3) is 0.368. The van der Waals surface area contributed by atoms with Crippen LogP contribution in [0.1, 0.15) is 33.3 Å². The first kappa shape index (κ1) is 16.3. The van der Waals surface area contributed by atoms with Gasteiger partial charge in [-0.1, -0.05) is 6.08 Å². The van der Waals surface area contributed by atoms with Gasteiger partial charge in [-0.2, -0.15) is 0 Å². The van der Waals surface area contributed by atoms with E-state index in [1.165, 1.54) is 6.07 Å². The van der Waals surface area contributed by atoms with Crippen molar-refractivity contribution in [2.75, 3.05) is 0 Å². The Morgan fingerprint density at radius 1 is 1.33 bits per heavy atom. The van der Waals surface area contributed by atoms with Crippen LogP contribution in [0.25, 0.3) is 11.0 Å². The minimum atomic E-state index is -0.784. The van der Waals surface area contributed by atoms with Crippen molar-refractivity contribution in [3.63, 3.8) is 0 Å². The molecule has 0 radical (unpaired) electrons. The highest BCUT2D eigenvalue weighted by molar-refractivity contribution is 5.88. The van der Waals surface area contributed by atoms with E-state index in [4.69, 9.17) is 13.9 Å². The van der Waals surface area contributed by atoms with Gasteiger partial charge in [0.2, 0.25) is 0 Å². The molecule has 0 aliphatic carbocycles. The molecule has 1 atom stereocenters. The van der Waals surface area contributed by atoms with E-state index < -0.39 is 11.2 Å². The van der Waals surface area contributed by atoms with E-state index in [0.29, 0.717) is 23.3 Å². The van der Waals surface area contributed by atoms with Gasteiger partial charge in [0.05, 0.1) is 0 Å². The number of carbonyl (C=O) groups excluding carboxylic acids is 1. The Bertz CT molecular complexity index is 888. The Balaban J connectivity index is 1.86. The zero-order valence-electron chi connectivity index (χ0n) is 14.2. The van der Waals surface area contributed by atoms with Crippen molar-refractivity contribution in [3.8, 4) is 5.75 Å². The predicted octanol–water partition coefficient (Wildman–Crippen LogP) is 3.38. The lowest BCUT2D eigenvalue weighted by Gasteiger charge is -2.30. The summed E-state index contributed by atoms with van der Waals surface area (Å²) in [6.07, 6.45) is 2.04. The first-order valence-electron chi connectivity index (χ1n) is 7.90. The van der Waals surface area contributed by atoms with Crippen LogP contribution >= 0.6 is 0 Å². The molecule has 0 bridgehead atoms. The lowest BCUT2D eigenvalue weighted by molar-refractivity contribution is -0.159. The van der Waals surface area contributed by atoms with Gasteiger partial charge in [0.1, 0.15) is 23.0 Å². The maximum atomic E-state index is 12.1. The van der Waals surface area contributed by atoms with Crippen LogP contribution in [0.4, 0.5) is 0 Å². The van der Waals surface area contributed by atoms with Gasteiger partial charge >= 0.3 is 11.6 Å². The fourth-order valence-corrected chi connectivity index (χ4v) is 2.70. The molecule has 1 aliphatic rings. The molecular weight excluding hydrogens is 308 g/mol. The molecule has 0 saturated carbocycles. The molecule has 24 heavy (non-hydrogen) atoms. The zero-order chi connectivity index (χ0) is 17.5. The quantitative estimate of drug-likeness (QED) is 0.491. The highest BCUT2D eigenvalue weighted by Gasteiger charge is 2.40. The Hall–Kier alpha value is -2.56. The molecule has 1 aromatic heterocycles.